The lowest BCUT2D eigenvalue weighted by molar-refractivity contribution is -0.145. The first-order valence-electron chi connectivity index (χ1n) is 19.6. The maximum atomic E-state index is 12.8. The summed E-state index contributed by atoms with van der Waals surface area (Å²) in [7, 11) is 0. The zero-order valence-electron chi connectivity index (χ0n) is 33.5. The molecule has 1 aromatic carbocycles. The minimum atomic E-state index is -0.934. The molecule has 10 atom stereocenters. The summed E-state index contributed by atoms with van der Waals surface area (Å²) in [6.45, 7) is 8.08. The highest BCUT2D eigenvalue weighted by atomic mass is 16.6. The zero-order valence-corrected chi connectivity index (χ0v) is 33.5. The van der Waals surface area contributed by atoms with Gasteiger partial charge in [0.05, 0.1) is 43.5 Å². The Labute approximate surface area is 338 Å². The van der Waals surface area contributed by atoms with Gasteiger partial charge in [0.1, 0.15) is 30.5 Å². The van der Waals surface area contributed by atoms with Crippen LogP contribution in [0, 0.1) is 5.92 Å². The van der Waals surface area contributed by atoms with Crippen LogP contribution in [0.1, 0.15) is 71.8 Å². The molecule has 3 heterocycles. The van der Waals surface area contributed by atoms with E-state index < -0.39 is 60.0 Å². The van der Waals surface area contributed by atoms with Gasteiger partial charge in [-0.15, -0.1) is 0 Å². The van der Waals surface area contributed by atoms with E-state index in [2.05, 4.69) is 33.7 Å². The summed E-state index contributed by atoms with van der Waals surface area (Å²) in [6, 6.07) is 4.67. The van der Waals surface area contributed by atoms with Crippen LogP contribution >= 0.6 is 0 Å². The largest absolute Gasteiger partial charge is 0.443 e. The summed E-state index contributed by atoms with van der Waals surface area (Å²) >= 11 is 0. The van der Waals surface area contributed by atoms with Gasteiger partial charge in [0.2, 0.25) is 17.7 Å². The molecule has 0 unspecified atom stereocenters. The van der Waals surface area contributed by atoms with Crippen molar-refractivity contribution in [3.8, 4) is 0 Å². The third kappa shape index (κ3) is 14.5. The van der Waals surface area contributed by atoms with Gasteiger partial charge in [-0.05, 0) is 76.6 Å². The van der Waals surface area contributed by atoms with Gasteiger partial charge in [0, 0.05) is 18.2 Å². The molecule has 0 saturated carbocycles. The van der Waals surface area contributed by atoms with Crippen LogP contribution in [0.5, 0.6) is 0 Å². The maximum Gasteiger partial charge on any atom is 0.426 e. The number of allylic oxidation sites excluding steroid dienone is 2. The standard InChI is InChI=1S/C40H59N7O11/c1-23(7-14-32-24(2)18-31(26(4)57-32)44-34(49)16-9-25(3)48)8-15-33-36(51)40(22-56-40)20-29(58-33)19-35(50)46-47-39(54)55-21-27-10-12-28(13-11-27)43-37(52)30(6-5-17-41)45-38(42)53/h7-13,15-16,24-26,29-33,36,48,51H,5-6,14,17-22,41H2,1-4H3,(H,43,52)(H,44,49)(H,46,50)(H,47,54)(H3,42,45,53)/t24-,25-,26+,29+,30-,31+,32-,33+,36+,40+/m0/s1. The lowest BCUT2D eigenvalue weighted by atomic mass is 9.87. The first-order valence-corrected chi connectivity index (χ1v) is 19.6. The average Bonchev–Trinajstić information content (AvgIpc) is 3.95. The molecule has 4 rings (SSSR count). The van der Waals surface area contributed by atoms with Crippen LogP contribution in [-0.4, -0.2) is 108 Å². The van der Waals surface area contributed by atoms with Gasteiger partial charge < -0.3 is 56.6 Å². The van der Waals surface area contributed by atoms with Crippen LogP contribution in [0.15, 0.2) is 60.2 Å². The number of benzene rings is 1. The molecule has 3 aliphatic heterocycles. The van der Waals surface area contributed by atoms with E-state index >= 15 is 0 Å². The van der Waals surface area contributed by atoms with Crippen molar-refractivity contribution >= 4 is 35.5 Å². The molecule has 320 valence electrons. The van der Waals surface area contributed by atoms with Crippen molar-refractivity contribution in [1.29, 1.82) is 0 Å². The number of epoxide rings is 1. The third-order valence-electron chi connectivity index (χ3n) is 10.2. The second kappa shape index (κ2) is 21.8. The fourth-order valence-electron chi connectivity index (χ4n) is 6.83. The van der Waals surface area contributed by atoms with Crippen LogP contribution in [-0.2, 0) is 39.9 Å². The summed E-state index contributed by atoms with van der Waals surface area (Å²) in [5.74, 6) is -1.08. The summed E-state index contributed by atoms with van der Waals surface area (Å²) in [5, 5.41) is 28.5. The van der Waals surface area contributed by atoms with E-state index in [1.165, 1.54) is 12.2 Å². The molecule has 0 radical (unpaired) electrons. The first-order chi connectivity index (χ1) is 27.6. The Balaban J connectivity index is 1.19. The Morgan fingerprint density at radius 3 is 2.47 bits per heavy atom. The number of hydrogen-bond donors (Lipinski definition) is 9. The predicted molar refractivity (Wildman–Crippen MR) is 212 cm³/mol. The molecular weight excluding hydrogens is 754 g/mol. The smallest absolute Gasteiger partial charge is 0.426 e. The van der Waals surface area contributed by atoms with Crippen molar-refractivity contribution in [3.63, 3.8) is 0 Å². The van der Waals surface area contributed by atoms with E-state index in [1.54, 1.807) is 37.3 Å². The number of carbonyl (C=O) groups is 5. The van der Waals surface area contributed by atoms with Crippen molar-refractivity contribution in [2.75, 3.05) is 18.5 Å². The molecule has 18 nitrogen and oxygen atoms in total. The molecule has 18 heteroatoms. The Hall–Kier alpha value is -4.85. The molecule has 0 aromatic heterocycles. The molecule has 6 amide bonds. The van der Waals surface area contributed by atoms with Gasteiger partial charge in [-0.1, -0.05) is 48.9 Å². The van der Waals surface area contributed by atoms with Crippen LogP contribution in [0.2, 0.25) is 0 Å². The number of hydrazine groups is 1. The van der Waals surface area contributed by atoms with E-state index in [9.17, 15) is 34.2 Å². The lowest BCUT2D eigenvalue weighted by Crippen LogP contribution is -2.51. The number of nitrogens with two attached hydrogens (primary N) is 2. The zero-order chi connectivity index (χ0) is 42.4. The second-order valence-electron chi connectivity index (χ2n) is 15.2. The van der Waals surface area contributed by atoms with Crippen LogP contribution in [0.25, 0.3) is 0 Å². The van der Waals surface area contributed by atoms with Crippen LogP contribution < -0.4 is 38.3 Å². The topological polar surface area (TPSA) is 278 Å². The highest BCUT2D eigenvalue weighted by molar-refractivity contribution is 5.96. The van der Waals surface area contributed by atoms with E-state index in [-0.39, 0.29) is 43.1 Å². The molecule has 3 fully saturated rings. The van der Waals surface area contributed by atoms with E-state index in [4.69, 9.17) is 30.4 Å². The number of primary amides is 1. The van der Waals surface area contributed by atoms with Gasteiger partial charge in [0.15, 0.2) is 0 Å². The van der Waals surface area contributed by atoms with E-state index in [0.717, 1.165) is 12.0 Å². The van der Waals surface area contributed by atoms with Gasteiger partial charge >= 0.3 is 12.1 Å². The SMILES string of the molecule is CC(C=C[C@H]1O[C@H](CC(=O)NNC(=O)OCc2ccc(NC(=O)[C@H](CCCN)NC(N)=O)cc2)C[C@@]2(CO2)[C@@H]1O)=CC[C@@H]1O[C@H](C)[C@H](NC(=O)C=C[C@H](C)O)C[C@@H]1C. The van der Waals surface area contributed by atoms with E-state index in [0.29, 0.717) is 50.1 Å². The summed E-state index contributed by atoms with van der Waals surface area (Å²) in [6.07, 6.45) is 6.70. The molecule has 1 spiro atoms. The number of ether oxygens (including phenoxy) is 4. The van der Waals surface area contributed by atoms with Gasteiger partial charge in [0.25, 0.3) is 0 Å². The number of rotatable bonds is 17. The minimum absolute atomic E-state index is 0.0545. The minimum Gasteiger partial charge on any atom is -0.443 e. The number of aliphatic hydroxyl groups excluding tert-OH is 2. The Morgan fingerprint density at radius 2 is 1.81 bits per heavy atom. The molecule has 3 saturated heterocycles. The monoisotopic (exact) mass is 813 g/mol. The fourth-order valence-corrected chi connectivity index (χ4v) is 6.83. The number of nitrogens with one attached hydrogen (secondary N) is 5. The summed E-state index contributed by atoms with van der Waals surface area (Å²) in [4.78, 5) is 61.2. The number of anilines is 1. The van der Waals surface area contributed by atoms with Crippen LogP contribution in [0.4, 0.5) is 15.3 Å². The number of hydrogen-bond acceptors (Lipinski definition) is 12. The van der Waals surface area contributed by atoms with Crippen molar-refractivity contribution in [3.05, 3.63) is 65.8 Å². The average molecular weight is 814 g/mol. The van der Waals surface area contributed by atoms with Crippen molar-refractivity contribution in [1.82, 2.24) is 21.5 Å². The van der Waals surface area contributed by atoms with Crippen LogP contribution in [0.3, 0.4) is 0 Å². The molecule has 3 aliphatic rings. The second-order valence-corrected chi connectivity index (χ2v) is 15.2. The van der Waals surface area contributed by atoms with Gasteiger partial charge in [-0.2, -0.15) is 0 Å². The quantitative estimate of drug-likeness (QED) is 0.0468. The van der Waals surface area contributed by atoms with Gasteiger partial charge in [-0.3, -0.25) is 19.8 Å². The van der Waals surface area contributed by atoms with Crippen molar-refractivity contribution in [2.24, 2.45) is 17.4 Å². The molecule has 0 bridgehead atoms. The molecule has 0 aliphatic carbocycles. The predicted octanol–water partition coefficient (Wildman–Crippen LogP) is 1.46. The third-order valence-corrected chi connectivity index (χ3v) is 10.2. The lowest BCUT2D eigenvalue weighted by Gasteiger charge is -2.39. The normalized spacial score (nSPS) is 28.1. The molecular formula is C40H59N7O11. The molecule has 58 heavy (non-hydrogen) atoms. The Morgan fingerprint density at radius 1 is 1.09 bits per heavy atom. The van der Waals surface area contributed by atoms with Crippen molar-refractivity contribution in [2.45, 2.75) is 127 Å². The summed E-state index contributed by atoms with van der Waals surface area (Å²) < 4.78 is 23.2. The fraction of sp³-hybridized carbons (Fsp3) is 0.575. The number of urea groups is 1. The number of amides is 6. The molecule has 11 N–H and O–H groups in total. The number of carbonyl (C=O) groups excluding carboxylic acids is 5. The maximum absolute atomic E-state index is 12.8. The summed E-state index contributed by atoms with van der Waals surface area (Å²) in [5.41, 5.74) is 16.4. The molecule has 1 aromatic rings. The Kier molecular flexibility index (Phi) is 17.2. The Bertz CT molecular complexity index is 1660. The van der Waals surface area contributed by atoms with Gasteiger partial charge in [-0.25, -0.2) is 15.0 Å². The van der Waals surface area contributed by atoms with Crippen molar-refractivity contribution < 1.29 is 53.1 Å². The highest BCUT2D eigenvalue weighted by Gasteiger charge is 2.58. The van der Waals surface area contributed by atoms with E-state index in [1.807, 2.05) is 26.0 Å². The first kappa shape index (κ1) is 45.8. The highest BCUT2D eigenvalue weighted by Crippen LogP contribution is 2.43. The number of aliphatic hydroxyl groups is 2.